The van der Waals surface area contributed by atoms with Crippen molar-refractivity contribution >= 4 is 0 Å². The summed E-state index contributed by atoms with van der Waals surface area (Å²) in [5, 5.41) is 3.45. The molecule has 18 heavy (non-hydrogen) atoms. The number of nitrogens with one attached hydrogen (secondary N) is 1. The van der Waals surface area contributed by atoms with Gasteiger partial charge in [-0.1, -0.05) is 12.1 Å². The van der Waals surface area contributed by atoms with E-state index in [0.717, 1.165) is 25.4 Å². The summed E-state index contributed by atoms with van der Waals surface area (Å²) in [5.74, 6) is 0.975. The van der Waals surface area contributed by atoms with Gasteiger partial charge in [-0.15, -0.1) is 0 Å². The van der Waals surface area contributed by atoms with E-state index in [4.69, 9.17) is 4.74 Å². The lowest BCUT2D eigenvalue weighted by Crippen LogP contribution is -2.30. The van der Waals surface area contributed by atoms with Crippen LogP contribution >= 0.6 is 0 Å². The normalized spacial score (nSPS) is 19.3. The largest absolute Gasteiger partial charge is 0.496 e. The van der Waals surface area contributed by atoms with Crippen LogP contribution in [0.25, 0.3) is 0 Å². The SMILES string of the molecule is COc1ccc(C(C)N2CCCNCC2)cc1C. The highest BCUT2D eigenvalue weighted by Gasteiger charge is 2.17. The number of hydrogen-bond donors (Lipinski definition) is 1. The maximum atomic E-state index is 5.32. The van der Waals surface area contributed by atoms with E-state index in [2.05, 4.69) is 42.3 Å². The highest BCUT2D eigenvalue weighted by atomic mass is 16.5. The minimum Gasteiger partial charge on any atom is -0.496 e. The van der Waals surface area contributed by atoms with Crippen LogP contribution in [-0.4, -0.2) is 38.2 Å². The monoisotopic (exact) mass is 248 g/mol. The minimum atomic E-state index is 0.481. The third-order valence-corrected chi connectivity index (χ3v) is 3.82. The molecular weight excluding hydrogens is 224 g/mol. The van der Waals surface area contributed by atoms with Crippen molar-refractivity contribution in [3.8, 4) is 5.75 Å². The highest BCUT2D eigenvalue weighted by Crippen LogP contribution is 2.26. The molecule has 0 amide bonds. The first kappa shape index (κ1) is 13.4. The Balaban J connectivity index is 2.11. The number of benzene rings is 1. The first-order chi connectivity index (χ1) is 8.72. The van der Waals surface area contributed by atoms with Gasteiger partial charge in [0.1, 0.15) is 5.75 Å². The van der Waals surface area contributed by atoms with Crippen LogP contribution in [0.3, 0.4) is 0 Å². The number of ether oxygens (including phenoxy) is 1. The van der Waals surface area contributed by atoms with Gasteiger partial charge in [0.2, 0.25) is 0 Å². The van der Waals surface area contributed by atoms with Crippen LogP contribution in [0, 0.1) is 6.92 Å². The van der Waals surface area contributed by atoms with Gasteiger partial charge < -0.3 is 10.1 Å². The van der Waals surface area contributed by atoms with Crippen molar-refractivity contribution in [2.75, 3.05) is 33.3 Å². The Morgan fingerprint density at radius 1 is 1.28 bits per heavy atom. The van der Waals surface area contributed by atoms with E-state index >= 15 is 0 Å². The zero-order valence-corrected chi connectivity index (χ0v) is 11.7. The molecule has 3 heteroatoms. The molecule has 2 rings (SSSR count). The summed E-state index contributed by atoms with van der Waals surface area (Å²) in [6, 6.07) is 7.00. The van der Waals surface area contributed by atoms with Gasteiger partial charge >= 0.3 is 0 Å². The van der Waals surface area contributed by atoms with Crippen molar-refractivity contribution < 1.29 is 4.74 Å². The Kier molecular flexibility index (Phi) is 4.61. The highest BCUT2D eigenvalue weighted by molar-refractivity contribution is 5.37. The van der Waals surface area contributed by atoms with Gasteiger partial charge in [-0.3, -0.25) is 4.90 Å². The quantitative estimate of drug-likeness (QED) is 0.888. The van der Waals surface area contributed by atoms with Crippen LogP contribution in [0.15, 0.2) is 18.2 Å². The van der Waals surface area contributed by atoms with Crippen molar-refractivity contribution in [2.24, 2.45) is 0 Å². The number of aryl methyl sites for hydroxylation is 1. The lowest BCUT2D eigenvalue weighted by molar-refractivity contribution is 0.225. The fourth-order valence-electron chi connectivity index (χ4n) is 2.63. The molecule has 0 spiro atoms. The summed E-state index contributed by atoms with van der Waals surface area (Å²) in [6.07, 6.45) is 1.24. The van der Waals surface area contributed by atoms with Gasteiger partial charge in [0, 0.05) is 19.1 Å². The molecule has 1 heterocycles. The Labute approximate surface area is 110 Å². The van der Waals surface area contributed by atoms with Gasteiger partial charge in [-0.25, -0.2) is 0 Å². The number of rotatable bonds is 3. The Bertz CT molecular complexity index is 384. The third kappa shape index (κ3) is 3.03. The summed E-state index contributed by atoms with van der Waals surface area (Å²) >= 11 is 0. The molecule has 0 aliphatic carbocycles. The summed E-state index contributed by atoms with van der Waals surface area (Å²) < 4.78 is 5.32. The second kappa shape index (κ2) is 6.21. The molecule has 100 valence electrons. The molecule has 0 radical (unpaired) electrons. The second-order valence-corrected chi connectivity index (χ2v) is 5.04. The maximum absolute atomic E-state index is 5.32. The second-order valence-electron chi connectivity index (χ2n) is 5.04. The number of hydrogen-bond acceptors (Lipinski definition) is 3. The molecule has 1 saturated heterocycles. The molecular formula is C15H24N2O. The van der Waals surface area contributed by atoms with Crippen LogP contribution in [0.1, 0.15) is 30.5 Å². The lowest BCUT2D eigenvalue weighted by Gasteiger charge is -2.28. The number of nitrogens with zero attached hydrogens (tertiary/aromatic N) is 1. The first-order valence-electron chi connectivity index (χ1n) is 6.81. The standard InChI is InChI=1S/C15H24N2O/c1-12-11-14(5-6-15(12)18-3)13(2)17-9-4-7-16-8-10-17/h5-6,11,13,16H,4,7-10H2,1-3H3. The smallest absolute Gasteiger partial charge is 0.121 e. The van der Waals surface area contributed by atoms with Gasteiger partial charge in [0.05, 0.1) is 7.11 Å². The van der Waals surface area contributed by atoms with E-state index in [1.165, 1.54) is 24.1 Å². The molecule has 1 aliphatic rings. The third-order valence-electron chi connectivity index (χ3n) is 3.82. The van der Waals surface area contributed by atoms with E-state index in [-0.39, 0.29) is 0 Å². The molecule has 0 saturated carbocycles. The van der Waals surface area contributed by atoms with Crippen molar-refractivity contribution in [1.82, 2.24) is 10.2 Å². The molecule has 1 fully saturated rings. The molecule has 3 nitrogen and oxygen atoms in total. The van der Waals surface area contributed by atoms with Gasteiger partial charge in [-0.2, -0.15) is 0 Å². The van der Waals surface area contributed by atoms with Crippen molar-refractivity contribution in [3.63, 3.8) is 0 Å². The van der Waals surface area contributed by atoms with E-state index in [9.17, 15) is 0 Å². The van der Waals surface area contributed by atoms with E-state index < -0.39 is 0 Å². The Morgan fingerprint density at radius 2 is 2.11 bits per heavy atom. The zero-order chi connectivity index (χ0) is 13.0. The van der Waals surface area contributed by atoms with Crippen molar-refractivity contribution in [2.45, 2.75) is 26.3 Å². The zero-order valence-electron chi connectivity index (χ0n) is 11.7. The Hall–Kier alpha value is -1.06. The molecule has 1 aromatic rings. The van der Waals surface area contributed by atoms with Gasteiger partial charge in [0.15, 0.2) is 0 Å². The first-order valence-corrected chi connectivity index (χ1v) is 6.81. The van der Waals surface area contributed by atoms with Crippen LogP contribution in [0.4, 0.5) is 0 Å². The minimum absolute atomic E-state index is 0.481. The predicted octanol–water partition coefficient (Wildman–Crippen LogP) is 2.36. The summed E-state index contributed by atoms with van der Waals surface area (Å²) in [4.78, 5) is 2.56. The van der Waals surface area contributed by atoms with Crippen molar-refractivity contribution in [1.29, 1.82) is 0 Å². The van der Waals surface area contributed by atoms with Crippen LogP contribution in [0.2, 0.25) is 0 Å². The molecule has 1 aromatic carbocycles. The summed E-state index contributed by atoms with van der Waals surface area (Å²) in [6.45, 7) is 8.96. The van der Waals surface area contributed by atoms with Crippen LogP contribution in [0.5, 0.6) is 5.75 Å². The fraction of sp³-hybridized carbons (Fsp3) is 0.600. The summed E-state index contributed by atoms with van der Waals surface area (Å²) in [7, 11) is 1.73. The fourth-order valence-corrected chi connectivity index (χ4v) is 2.63. The van der Waals surface area contributed by atoms with Crippen LogP contribution < -0.4 is 10.1 Å². The molecule has 1 aliphatic heterocycles. The molecule has 0 aromatic heterocycles. The Morgan fingerprint density at radius 3 is 2.83 bits per heavy atom. The van der Waals surface area contributed by atoms with Gasteiger partial charge in [-0.05, 0) is 50.6 Å². The predicted molar refractivity (Wildman–Crippen MR) is 75.2 cm³/mol. The van der Waals surface area contributed by atoms with E-state index in [0.29, 0.717) is 6.04 Å². The van der Waals surface area contributed by atoms with Gasteiger partial charge in [0.25, 0.3) is 0 Å². The van der Waals surface area contributed by atoms with E-state index in [1.54, 1.807) is 7.11 Å². The number of methoxy groups -OCH3 is 1. The molecule has 1 unspecified atom stereocenters. The molecule has 1 atom stereocenters. The van der Waals surface area contributed by atoms with Crippen LogP contribution in [-0.2, 0) is 0 Å². The van der Waals surface area contributed by atoms with Crippen molar-refractivity contribution in [3.05, 3.63) is 29.3 Å². The lowest BCUT2D eigenvalue weighted by atomic mass is 10.0. The molecule has 0 bridgehead atoms. The average Bonchev–Trinajstić information content (AvgIpc) is 2.66. The maximum Gasteiger partial charge on any atom is 0.121 e. The average molecular weight is 248 g/mol. The summed E-state index contributed by atoms with van der Waals surface area (Å²) in [5.41, 5.74) is 2.60. The topological polar surface area (TPSA) is 24.5 Å². The van der Waals surface area contributed by atoms with E-state index in [1.807, 2.05) is 0 Å². The molecule has 1 N–H and O–H groups in total.